The first-order valence-corrected chi connectivity index (χ1v) is 4.99. The molecule has 6 nitrogen and oxygen atoms in total. The van der Waals surface area contributed by atoms with E-state index in [1.165, 1.54) is 7.11 Å². The molecule has 0 bridgehead atoms. The van der Waals surface area contributed by atoms with Gasteiger partial charge in [0.05, 0.1) is 25.3 Å². The highest BCUT2D eigenvalue weighted by molar-refractivity contribution is 5.75. The summed E-state index contributed by atoms with van der Waals surface area (Å²) in [4.78, 5) is 19.2. The lowest BCUT2D eigenvalue weighted by Crippen LogP contribution is -2.11. The molecule has 0 radical (unpaired) electrons. The summed E-state index contributed by atoms with van der Waals surface area (Å²) in [6.07, 6.45) is 6.44. The number of aromatic nitrogens is 3. The largest absolute Gasteiger partial charge is 0.468 e. The highest BCUT2D eigenvalue weighted by atomic mass is 16.5. The SMILES string of the molecule is COC(=O)Cn1cncc1-c1cnccc1N. The Hall–Kier alpha value is -2.37. The van der Waals surface area contributed by atoms with E-state index in [1.54, 1.807) is 35.6 Å². The van der Waals surface area contributed by atoms with Gasteiger partial charge in [0.1, 0.15) is 6.54 Å². The van der Waals surface area contributed by atoms with E-state index in [9.17, 15) is 4.79 Å². The Balaban J connectivity index is 2.37. The fourth-order valence-corrected chi connectivity index (χ4v) is 1.49. The topological polar surface area (TPSA) is 83.0 Å². The number of nitrogen functional groups attached to an aromatic ring is 1. The van der Waals surface area contributed by atoms with E-state index < -0.39 is 0 Å². The van der Waals surface area contributed by atoms with Gasteiger partial charge in [-0.05, 0) is 6.07 Å². The Bertz CT molecular complexity index is 536. The zero-order valence-corrected chi connectivity index (χ0v) is 9.33. The average Bonchev–Trinajstić information content (AvgIpc) is 2.77. The molecule has 0 unspecified atom stereocenters. The number of hydrogen-bond donors (Lipinski definition) is 1. The fraction of sp³-hybridized carbons (Fsp3) is 0.182. The number of nitrogens with zero attached hydrogens (tertiary/aromatic N) is 3. The molecule has 2 rings (SSSR count). The average molecular weight is 232 g/mol. The van der Waals surface area contributed by atoms with Crippen LogP contribution in [0.5, 0.6) is 0 Å². The number of anilines is 1. The minimum Gasteiger partial charge on any atom is -0.468 e. The van der Waals surface area contributed by atoms with Crippen LogP contribution in [0.3, 0.4) is 0 Å². The maximum absolute atomic E-state index is 11.2. The number of nitrogens with two attached hydrogens (primary N) is 1. The summed E-state index contributed by atoms with van der Waals surface area (Å²) in [5.41, 5.74) is 7.92. The molecular weight excluding hydrogens is 220 g/mol. The first kappa shape index (κ1) is 11.1. The third kappa shape index (κ3) is 2.25. The standard InChI is InChI=1S/C11H12N4O2/c1-17-11(16)6-15-7-14-5-10(15)8-4-13-3-2-9(8)12/h2-5,7H,6H2,1H3,(H2,12,13). The second-order valence-corrected chi connectivity index (χ2v) is 3.45. The maximum Gasteiger partial charge on any atom is 0.325 e. The van der Waals surface area contributed by atoms with Gasteiger partial charge in [-0.3, -0.25) is 9.78 Å². The van der Waals surface area contributed by atoms with Gasteiger partial charge in [0.2, 0.25) is 0 Å². The molecule has 0 aliphatic rings. The van der Waals surface area contributed by atoms with E-state index in [0.717, 1.165) is 11.3 Å². The Morgan fingerprint density at radius 1 is 1.47 bits per heavy atom. The Morgan fingerprint density at radius 3 is 3.00 bits per heavy atom. The van der Waals surface area contributed by atoms with Crippen LogP contribution >= 0.6 is 0 Å². The molecule has 0 saturated heterocycles. The zero-order valence-electron chi connectivity index (χ0n) is 9.33. The van der Waals surface area contributed by atoms with Gasteiger partial charge in [0.25, 0.3) is 0 Å². The van der Waals surface area contributed by atoms with Crippen molar-refractivity contribution in [2.75, 3.05) is 12.8 Å². The van der Waals surface area contributed by atoms with E-state index in [2.05, 4.69) is 14.7 Å². The molecule has 2 N–H and O–H groups in total. The second kappa shape index (κ2) is 4.65. The summed E-state index contributed by atoms with van der Waals surface area (Å²) in [6.45, 7) is 0.0974. The summed E-state index contributed by atoms with van der Waals surface area (Å²) < 4.78 is 6.28. The van der Waals surface area contributed by atoms with Crippen molar-refractivity contribution < 1.29 is 9.53 Å². The smallest absolute Gasteiger partial charge is 0.325 e. The number of methoxy groups -OCH3 is 1. The second-order valence-electron chi connectivity index (χ2n) is 3.45. The molecule has 2 heterocycles. The van der Waals surface area contributed by atoms with Gasteiger partial charge in [-0.2, -0.15) is 0 Å². The molecule has 0 aromatic carbocycles. The predicted octanol–water partition coefficient (Wildman–Crippen LogP) is 0.700. The third-order valence-electron chi connectivity index (χ3n) is 2.37. The van der Waals surface area contributed by atoms with E-state index in [1.807, 2.05) is 0 Å². The molecule has 2 aromatic heterocycles. The van der Waals surface area contributed by atoms with E-state index in [4.69, 9.17) is 5.73 Å². The highest BCUT2D eigenvalue weighted by Crippen LogP contribution is 2.23. The van der Waals surface area contributed by atoms with Crippen LogP contribution in [-0.2, 0) is 16.1 Å². The van der Waals surface area contributed by atoms with Crippen LogP contribution in [0.25, 0.3) is 11.3 Å². The minimum atomic E-state index is -0.341. The van der Waals surface area contributed by atoms with Gasteiger partial charge in [0, 0.05) is 23.6 Å². The number of carbonyl (C=O) groups excluding carboxylic acids is 1. The van der Waals surface area contributed by atoms with Gasteiger partial charge in [-0.25, -0.2) is 4.98 Å². The lowest BCUT2D eigenvalue weighted by atomic mass is 10.2. The van der Waals surface area contributed by atoms with Gasteiger partial charge in [0.15, 0.2) is 0 Å². The van der Waals surface area contributed by atoms with Gasteiger partial charge in [-0.15, -0.1) is 0 Å². The first-order chi connectivity index (χ1) is 8.22. The lowest BCUT2D eigenvalue weighted by molar-refractivity contribution is -0.141. The molecule has 6 heteroatoms. The zero-order chi connectivity index (χ0) is 12.3. The lowest BCUT2D eigenvalue weighted by Gasteiger charge is -2.08. The molecule has 0 spiro atoms. The van der Waals surface area contributed by atoms with Crippen molar-refractivity contribution in [3.8, 4) is 11.3 Å². The summed E-state index contributed by atoms with van der Waals surface area (Å²) >= 11 is 0. The van der Waals surface area contributed by atoms with Crippen LogP contribution in [0.15, 0.2) is 31.0 Å². The van der Waals surface area contributed by atoms with Crippen LogP contribution in [0.2, 0.25) is 0 Å². The molecule has 0 fully saturated rings. The van der Waals surface area contributed by atoms with Crippen LogP contribution in [0.1, 0.15) is 0 Å². The normalized spacial score (nSPS) is 10.2. The van der Waals surface area contributed by atoms with Crippen molar-refractivity contribution in [3.63, 3.8) is 0 Å². The fourth-order valence-electron chi connectivity index (χ4n) is 1.49. The number of imidazole rings is 1. The third-order valence-corrected chi connectivity index (χ3v) is 2.37. The van der Waals surface area contributed by atoms with Gasteiger partial charge >= 0.3 is 5.97 Å². The van der Waals surface area contributed by atoms with Crippen LogP contribution in [0, 0.1) is 0 Å². The summed E-state index contributed by atoms with van der Waals surface area (Å²) in [7, 11) is 1.34. The number of esters is 1. The molecular formula is C11H12N4O2. The molecule has 0 aliphatic heterocycles. The molecule has 0 amide bonds. The van der Waals surface area contributed by atoms with E-state index in [0.29, 0.717) is 5.69 Å². The monoisotopic (exact) mass is 232 g/mol. The minimum absolute atomic E-state index is 0.0974. The number of rotatable bonds is 3. The molecule has 0 saturated carbocycles. The van der Waals surface area contributed by atoms with Crippen LogP contribution < -0.4 is 5.73 Å². The van der Waals surface area contributed by atoms with Crippen molar-refractivity contribution >= 4 is 11.7 Å². The first-order valence-electron chi connectivity index (χ1n) is 4.99. The highest BCUT2D eigenvalue weighted by Gasteiger charge is 2.11. The molecule has 88 valence electrons. The van der Waals surface area contributed by atoms with Gasteiger partial charge in [-0.1, -0.05) is 0 Å². The summed E-state index contributed by atoms with van der Waals surface area (Å²) in [5.74, 6) is -0.341. The van der Waals surface area contributed by atoms with Crippen LogP contribution in [0.4, 0.5) is 5.69 Å². The predicted molar refractivity (Wildman–Crippen MR) is 61.9 cm³/mol. The van der Waals surface area contributed by atoms with Gasteiger partial charge < -0.3 is 15.0 Å². The van der Waals surface area contributed by atoms with E-state index >= 15 is 0 Å². The maximum atomic E-state index is 11.2. The van der Waals surface area contributed by atoms with Crippen LogP contribution in [-0.4, -0.2) is 27.6 Å². The van der Waals surface area contributed by atoms with Crippen molar-refractivity contribution in [1.82, 2.24) is 14.5 Å². The number of ether oxygens (including phenoxy) is 1. The van der Waals surface area contributed by atoms with Crippen molar-refractivity contribution in [3.05, 3.63) is 31.0 Å². The summed E-state index contributed by atoms with van der Waals surface area (Å²) in [6, 6.07) is 1.70. The molecule has 17 heavy (non-hydrogen) atoms. The number of hydrogen-bond acceptors (Lipinski definition) is 5. The molecule has 0 aliphatic carbocycles. The molecule has 2 aromatic rings. The van der Waals surface area contributed by atoms with Crippen molar-refractivity contribution in [2.45, 2.75) is 6.54 Å². The Labute approximate surface area is 98.1 Å². The quantitative estimate of drug-likeness (QED) is 0.787. The van der Waals surface area contributed by atoms with Crippen molar-refractivity contribution in [1.29, 1.82) is 0 Å². The Morgan fingerprint density at radius 2 is 2.29 bits per heavy atom. The molecule has 0 atom stereocenters. The summed E-state index contributed by atoms with van der Waals surface area (Å²) in [5, 5.41) is 0. The Kier molecular flexibility index (Phi) is 3.04. The number of carbonyl (C=O) groups is 1. The number of pyridine rings is 1. The van der Waals surface area contributed by atoms with E-state index in [-0.39, 0.29) is 12.5 Å². The van der Waals surface area contributed by atoms with Crippen molar-refractivity contribution in [2.24, 2.45) is 0 Å².